The van der Waals surface area contributed by atoms with E-state index in [2.05, 4.69) is 21.2 Å². The van der Waals surface area contributed by atoms with Crippen molar-refractivity contribution in [3.63, 3.8) is 0 Å². The summed E-state index contributed by atoms with van der Waals surface area (Å²) >= 11 is 3.39. The van der Waals surface area contributed by atoms with Crippen molar-refractivity contribution in [1.82, 2.24) is 0 Å². The van der Waals surface area contributed by atoms with E-state index in [1.807, 2.05) is 42.5 Å². The van der Waals surface area contributed by atoms with Crippen LogP contribution in [0, 0.1) is 0 Å². The zero-order chi connectivity index (χ0) is 15.1. The molecule has 4 nitrogen and oxygen atoms in total. The minimum atomic E-state index is 0.566. The van der Waals surface area contributed by atoms with Crippen molar-refractivity contribution in [2.45, 2.75) is 0 Å². The summed E-state index contributed by atoms with van der Waals surface area (Å²) in [6.07, 6.45) is 0. The average Bonchev–Trinajstić information content (AvgIpc) is 2.53. The van der Waals surface area contributed by atoms with Crippen molar-refractivity contribution < 1.29 is 14.2 Å². The molecule has 0 aliphatic carbocycles. The normalized spacial score (nSPS) is 10.0. The SMILES string of the molecule is COc1ccc(NCCOc2ccc(Br)cc2)c(OC)c1. The van der Waals surface area contributed by atoms with Crippen molar-refractivity contribution in [2.75, 3.05) is 32.7 Å². The molecule has 0 heterocycles. The predicted octanol–water partition coefficient (Wildman–Crippen LogP) is 3.96. The average molecular weight is 352 g/mol. The second-order valence-corrected chi connectivity index (χ2v) is 5.21. The van der Waals surface area contributed by atoms with Gasteiger partial charge >= 0.3 is 0 Å². The van der Waals surface area contributed by atoms with Gasteiger partial charge in [0.1, 0.15) is 23.9 Å². The van der Waals surface area contributed by atoms with Crippen LogP contribution in [-0.2, 0) is 0 Å². The summed E-state index contributed by atoms with van der Waals surface area (Å²) in [6.45, 7) is 1.25. The van der Waals surface area contributed by atoms with Crippen LogP contribution in [0.3, 0.4) is 0 Å². The van der Waals surface area contributed by atoms with E-state index in [0.717, 1.165) is 27.4 Å². The van der Waals surface area contributed by atoms with Gasteiger partial charge in [-0.15, -0.1) is 0 Å². The number of halogens is 1. The van der Waals surface area contributed by atoms with E-state index in [1.54, 1.807) is 14.2 Å². The first-order valence-corrected chi connectivity index (χ1v) is 7.36. The molecule has 5 heteroatoms. The molecule has 0 saturated heterocycles. The first-order valence-electron chi connectivity index (χ1n) is 6.57. The van der Waals surface area contributed by atoms with Crippen molar-refractivity contribution in [2.24, 2.45) is 0 Å². The lowest BCUT2D eigenvalue weighted by Crippen LogP contribution is -2.12. The van der Waals surface area contributed by atoms with Gasteiger partial charge in [-0.05, 0) is 36.4 Å². The van der Waals surface area contributed by atoms with E-state index < -0.39 is 0 Å². The number of methoxy groups -OCH3 is 2. The van der Waals surface area contributed by atoms with Gasteiger partial charge in [-0.25, -0.2) is 0 Å². The minimum absolute atomic E-state index is 0.566. The van der Waals surface area contributed by atoms with Crippen LogP contribution < -0.4 is 19.5 Å². The molecule has 0 fully saturated rings. The van der Waals surface area contributed by atoms with Crippen LogP contribution in [0.5, 0.6) is 17.2 Å². The summed E-state index contributed by atoms with van der Waals surface area (Å²) in [4.78, 5) is 0. The van der Waals surface area contributed by atoms with Crippen molar-refractivity contribution in [3.05, 3.63) is 46.9 Å². The fourth-order valence-corrected chi connectivity index (χ4v) is 2.09. The third-order valence-electron chi connectivity index (χ3n) is 2.91. The molecule has 0 saturated carbocycles. The highest BCUT2D eigenvalue weighted by molar-refractivity contribution is 9.10. The van der Waals surface area contributed by atoms with Gasteiger partial charge in [0.2, 0.25) is 0 Å². The Morgan fingerprint density at radius 3 is 2.33 bits per heavy atom. The zero-order valence-electron chi connectivity index (χ0n) is 12.1. The van der Waals surface area contributed by atoms with Crippen LogP contribution in [0.4, 0.5) is 5.69 Å². The van der Waals surface area contributed by atoms with Gasteiger partial charge in [0.25, 0.3) is 0 Å². The molecular weight excluding hydrogens is 334 g/mol. The van der Waals surface area contributed by atoms with Gasteiger partial charge in [-0.3, -0.25) is 0 Å². The van der Waals surface area contributed by atoms with E-state index in [0.29, 0.717) is 13.2 Å². The van der Waals surface area contributed by atoms with Crippen LogP contribution in [0.1, 0.15) is 0 Å². The number of rotatable bonds is 7. The topological polar surface area (TPSA) is 39.7 Å². The number of benzene rings is 2. The predicted molar refractivity (Wildman–Crippen MR) is 87.7 cm³/mol. The second-order valence-electron chi connectivity index (χ2n) is 4.30. The first-order chi connectivity index (χ1) is 10.2. The number of anilines is 1. The van der Waals surface area contributed by atoms with E-state index in [9.17, 15) is 0 Å². The number of nitrogens with one attached hydrogen (secondary N) is 1. The zero-order valence-corrected chi connectivity index (χ0v) is 13.6. The molecule has 0 radical (unpaired) electrons. The van der Waals surface area contributed by atoms with Crippen LogP contribution in [-0.4, -0.2) is 27.4 Å². The van der Waals surface area contributed by atoms with Gasteiger partial charge in [-0.2, -0.15) is 0 Å². The Hall–Kier alpha value is -1.88. The Kier molecular flexibility index (Phi) is 5.75. The molecule has 2 rings (SSSR count). The summed E-state index contributed by atoms with van der Waals surface area (Å²) in [5.74, 6) is 2.36. The van der Waals surface area contributed by atoms with E-state index >= 15 is 0 Å². The monoisotopic (exact) mass is 351 g/mol. The quantitative estimate of drug-likeness (QED) is 0.766. The molecule has 0 spiro atoms. The molecule has 0 aromatic heterocycles. The second kappa shape index (κ2) is 7.78. The van der Waals surface area contributed by atoms with Gasteiger partial charge in [0, 0.05) is 17.1 Å². The molecule has 1 N–H and O–H groups in total. The highest BCUT2D eigenvalue weighted by Gasteiger charge is 2.04. The third kappa shape index (κ3) is 4.56. The molecule has 0 bridgehead atoms. The lowest BCUT2D eigenvalue weighted by Gasteiger charge is -2.13. The lowest BCUT2D eigenvalue weighted by atomic mass is 10.2. The molecule has 0 atom stereocenters. The smallest absolute Gasteiger partial charge is 0.145 e. The Labute approximate surface area is 133 Å². The summed E-state index contributed by atoms with van der Waals surface area (Å²) in [5.41, 5.74) is 0.915. The van der Waals surface area contributed by atoms with Crippen molar-refractivity contribution in [3.8, 4) is 17.2 Å². The van der Waals surface area contributed by atoms with E-state index in [1.165, 1.54) is 0 Å². The van der Waals surface area contributed by atoms with E-state index in [-0.39, 0.29) is 0 Å². The van der Waals surface area contributed by atoms with Crippen molar-refractivity contribution in [1.29, 1.82) is 0 Å². The van der Waals surface area contributed by atoms with Crippen LogP contribution in [0.2, 0.25) is 0 Å². The first kappa shape index (κ1) is 15.5. The molecule has 0 aliphatic rings. The summed E-state index contributed by atoms with van der Waals surface area (Å²) in [7, 11) is 3.27. The molecular formula is C16H18BrNO3. The van der Waals surface area contributed by atoms with E-state index in [4.69, 9.17) is 14.2 Å². The molecule has 0 aliphatic heterocycles. The van der Waals surface area contributed by atoms with Gasteiger partial charge in [0.05, 0.1) is 19.9 Å². The summed E-state index contributed by atoms with van der Waals surface area (Å²) < 4.78 is 17.2. The molecule has 21 heavy (non-hydrogen) atoms. The Morgan fingerprint density at radius 2 is 1.67 bits per heavy atom. The number of hydrogen-bond acceptors (Lipinski definition) is 4. The maximum Gasteiger partial charge on any atom is 0.145 e. The van der Waals surface area contributed by atoms with Crippen LogP contribution in [0.25, 0.3) is 0 Å². The largest absolute Gasteiger partial charge is 0.497 e. The van der Waals surface area contributed by atoms with Gasteiger partial charge in [-0.1, -0.05) is 15.9 Å². The fourth-order valence-electron chi connectivity index (χ4n) is 1.83. The highest BCUT2D eigenvalue weighted by Crippen LogP contribution is 2.28. The molecule has 112 valence electrons. The Balaban J connectivity index is 1.84. The summed E-state index contributed by atoms with van der Waals surface area (Å²) in [5, 5.41) is 3.28. The maximum atomic E-state index is 5.65. The van der Waals surface area contributed by atoms with Gasteiger partial charge < -0.3 is 19.5 Å². The molecule has 2 aromatic carbocycles. The lowest BCUT2D eigenvalue weighted by molar-refractivity contribution is 0.332. The summed E-state index contributed by atoms with van der Waals surface area (Å²) in [6, 6.07) is 13.4. The number of ether oxygens (including phenoxy) is 3. The maximum absolute atomic E-state index is 5.65. The molecule has 0 amide bonds. The van der Waals surface area contributed by atoms with Crippen molar-refractivity contribution >= 4 is 21.6 Å². The Bertz CT molecular complexity index is 572. The van der Waals surface area contributed by atoms with Crippen LogP contribution >= 0.6 is 15.9 Å². The third-order valence-corrected chi connectivity index (χ3v) is 3.44. The number of hydrogen-bond donors (Lipinski definition) is 1. The highest BCUT2D eigenvalue weighted by atomic mass is 79.9. The molecule has 0 unspecified atom stereocenters. The van der Waals surface area contributed by atoms with Gasteiger partial charge in [0.15, 0.2) is 0 Å². The minimum Gasteiger partial charge on any atom is -0.497 e. The molecule has 2 aromatic rings. The van der Waals surface area contributed by atoms with Crippen LogP contribution in [0.15, 0.2) is 46.9 Å². The Morgan fingerprint density at radius 1 is 0.952 bits per heavy atom. The fraction of sp³-hybridized carbons (Fsp3) is 0.250. The standard InChI is InChI=1S/C16H18BrNO3/c1-19-14-7-8-15(16(11-14)20-2)18-9-10-21-13-5-3-12(17)4-6-13/h3-8,11,18H,9-10H2,1-2H3.